The molecule has 56 heavy (non-hydrogen) atoms. The van der Waals surface area contributed by atoms with Crippen LogP contribution in [0.15, 0.2) is 171 Å². The van der Waals surface area contributed by atoms with Gasteiger partial charge in [0.05, 0.1) is 22.8 Å². The van der Waals surface area contributed by atoms with Crippen molar-refractivity contribution in [3.05, 3.63) is 194 Å². The van der Waals surface area contributed by atoms with Gasteiger partial charge in [-0.15, -0.1) is 0 Å². The Morgan fingerprint density at radius 2 is 0.518 bits per heavy atom. The fraction of sp³-hybridized carbons (Fsp3) is 0.167. The topological polar surface area (TPSA) is 103 Å². The molecule has 8 nitrogen and oxygen atoms in total. The molecule has 1 fully saturated rings. The van der Waals surface area contributed by atoms with Crippen molar-refractivity contribution in [2.75, 3.05) is 0 Å². The lowest BCUT2D eigenvalue weighted by molar-refractivity contribution is 0.339. The molecule has 0 N–H and O–H groups in total. The highest BCUT2D eigenvalue weighted by Gasteiger charge is 2.34. The summed E-state index contributed by atoms with van der Waals surface area (Å²) in [6, 6.07) is 41.3. The van der Waals surface area contributed by atoms with Gasteiger partial charge in [0.25, 0.3) is 0 Å². The number of hydrogen-bond donors (Lipinski definition) is 0. The first-order valence-corrected chi connectivity index (χ1v) is 19.2. The molecule has 0 atom stereocenters. The van der Waals surface area contributed by atoms with Crippen molar-refractivity contribution in [2.45, 2.75) is 49.4 Å². The predicted molar refractivity (Wildman–Crippen MR) is 219 cm³/mol. The van der Waals surface area contributed by atoms with Crippen LogP contribution in [0.2, 0.25) is 0 Å². The molecule has 8 aromatic heterocycles. The summed E-state index contributed by atoms with van der Waals surface area (Å²) in [5.41, 5.74) is 12.0. The van der Waals surface area contributed by atoms with Crippen molar-refractivity contribution < 1.29 is 0 Å². The van der Waals surface area contributed by atoms with E-state index < -0.39 is 0 Å². The van der Waals surface area contributed by atoms with E-state index in [1.165, 1.54) is 0 Å². The van der Waals surface area contributed by atoms with Gasteiger partial charge in [0.1, 0.15) is 0 Å². The molecule has 0 spiro atoms. The largest absolute Gasteiger partial charge is 0.260 e. The van der Waals surface area contributed by atoms with Crippen LogP contribution in [0.1, 0.15) is 72.1 Å². The van der Waals surface area contributed by atoms with Crippen molar-refractivity contribution in [3.8, 4) is 45.0 Å². The van der Waals surface area contributed by atoms with Crippen LogP contribution >= 0.6 is 0 Å². The number of pyridine rings is 8. The van der Waals surface area contributed by atoms with Crippen LogP contribution in [0.4, 0.5) is 0 Å². The molecule has 0 radical (unpaired) electrons. The Labute approximate surface area is 327 Å². The molecule has 8 aromatic rings. The van der Waals surface area contributed by atoms with Crippen molar-refractivity contribution in [3.63, 3.8) is 0 Å². The molecule has 0 saturated heterocycles. The highest BCUT2D eigenvalue weighted by atomic mass is 14.8. The first-order chi connectivity index (χ1) is 27.7. The van der Waals surface area contributed by atoms with Gasteiger partial charge in [-0.3, -0.25) is 39.9 Å². The molecule has 0 amide bonds. The maximum absolute atomic E-state index is 5.11. The molecule has 0 aromatic carbocycles. The molecule has 0 aliphatic heterocycles. The Kier molecular flexibility index (Phi) is 10.2. The van der Waals surface area contributed by atoms with Crippen molar-refractivity contribution in [1.82, 2.24) is 39.9 Å². The molecular formula is C48H40N8. The van der Waals surface area contributed by atoms with Gasteiger partial charge in [-0.1, -0.05) is 24.3 Å². The normalized spacial score (nSPS) is 18.4. The zero-order valence-corrected chi connectivity index (χ0v) is 30.9. The summed E-state index contributed by atoms with van der Waals surface area (Å²) in [5, 5.41) is 0. The standard InChI is InChI=1S/C48H40N8/c1-5-21-49-41(9-1)33-13-17-45(53-29-33)37-25-38(46-18-14-34(30-54-46)42-10-2-6-22-50-42)27-40(48-20-16-36(32-56-48)44-12-4-8-24-52-44)28-39(26-37)47-19-15-35(31-55-47)43-11-3-7-23-51-43/h1-24,29-32,37-40H,25-28H2. The van der Waals surface area contributed by atoms with Crippen LogP contribution in [-0.2, 0) is 0 Å². The molecule has 0 bridgehead atoms. The SMILES string of the molecule is c1ccc(-c2ccc(C3CC(c4ccc(-c5ccccn5)cn4)CC(c4ccc(-c5ccccn5)cn4)CC(c4ccc(-c5ccccn5)cn4)C3)nc2)nc1. The van der Waals surface area contributed by atoms with E-state index in [1.54, 1.807) is 0 Å². The van der Waals surface area contributed by atoms with E-state index >= 15 is 0 Å². The second-order valence-corrected chi connectivity index (χ2v) is 14.5. The zero-order chi connectivity index (χ0) is 37.5. The number of aromatic nitrogens is 8. The third-order valence-electron chi connectivity index (χ3n) is 10.9. The maximum Gasteiger partial charge on any atom is 0.0717 e. The minimum Gasteiger partial charge on any atom is -0.260 e. The Hall–Kier alpha value is -6.80. The van der Waals surface area contributed by atoms with Gasteiger partial charge in [0.15, 0.2) is 0 Å². The summed E-state index contributed by atoms with van der Waals surface area (Å²) in [5.74, 6) is 0.658. The van der Waals surface area contributed by atoms with Crippen LogP contribution in [0, 0.1) is 0 Å². The highest BCUT2D eigenvalue weighted by molar-refractivity contribution is 5.60. The smallest absolute Gasteiger partial charge is 0.0717 e. The minimum absolute atomic E-state index is 0.165. The van der Waals surface area contributed by atoms with Gasteiger partial charge >= 0.3 is 0 Å². The molecule has 272 valence electrons. The first kappa shape index (κ1) is 34.9. The van der Waals surface area contributed by atoms with Gasteiger partial charge < -0.3 is 0 Å². The Morgan fingerprint density at radius 1 is 0.268 bits per heavy atom. The number of rotatable bonds is 8. The number of nitrogens with zero attached hydrogens (tertiary/aromatic N) is 8. The lowest BCUT2D eigenvalue weighted by atomic mass is 9.71. The summed E-state index contributed by atoms with van der Waals surface area (Å²) in [6.45, 7) is 0. The molecule has 1 saturated carbocycles. The van der Waals surface area contributed by atoms with E-state index in [-0.39, 0.29) is 23.7 Å². The molecule has 8 heterocycles. The van der Waals surface area contributed by atoms with Crippen molar-refractivity contribution in [1.29, 1.82) is 0 Å². The minimum atomic E-state index is 0.165. The van der Waals surface area contributed by atoms with Crippen LogP contribution in [0.5, 0.6) is 0 Å². The Bertz CT molecular complexity index is 2080. The third kappa shape index (κ3) is 7.86. The fourth-order valence-corrected chi connectivity index (χ4v) is 8.05. The Balaban J connectivity index is 1.09. The summed E-state index contributed by atoms with van der Waals surface area (Å²) < 4.78 is 0. The van der Waals surface area contributed by atoms with Crippen LogP contribution in [0.3, 0.4) is 0 Å². The zero-order valence-electron chi connectivity index (χ0n) is 30.9. The summed E-state index contributed by atoms with van der Waals surface area (Å²) >= 11 is 0. The maximum atomic E-state index is 5.11. The quantitative estimate of drug-likeness (QED) is 0.152. The molecule has 0 unspecified atom stereocenters. The summed E-state index contributed by atoms with van der Waals surface area (Å²) in [6.07, 6.45) is 18.7. The van der Waals surface area contributed by atoms with Crippen LogP contribution < -0.4 is 0 Å². The lowest BCUT2D eigenvalue weighted by Gasteiger charge is -2.34. The second-order valence-electron chi connectivity index (χ2n) is 14.5. The van der Waals surface area contributed by atoms with E-state index in [0.717, 1.165) is 93.5 Å². The first-order valence-electron chi connectivity index (χ1n) is 19.2. The average molecular weight is 729 g/mol. The van der Waals surface area contributed by atoms with E-state index in [0.29, 0.717) is 0 Å². The van der Waals surface area contributed by atoms with E-state index in [1.807, 2.05) is 122 Å². The predicted octanol–water partition coefficient (Wildman–Crippen LogP) is 10.5. The fourth-order valence-electron chi connectivity index (χ4n) is 8.05. The van der Waals surface area contributed by atoms with Gasteiger partial charge in [-0.2, -0.15) is 0 Å². The van der Waals surface area contributed by atoms with E-state index in [2.05, 4.69) is 68.5 Å². The monoisotopic (exact) mass is 728 g/mol. The Morgan fingerprint density at radius 3 is 0.696 bits per heavy atom. The van der Waals surface area contributed by atoms with Crippen molar-refractivity contribution in [2.24, 2.45) is 0 Å². The van der Waals surface area contributed by atoms with Gasteiger partial charge in [-0.25, -0.2) is 0 Å². The van der Waals surface area contributed by atoms with E-state index in [9.17, 15) is 0 Å². The third-order valence-corrected chi connectivity index (χ3v) is 10.9. The summed E-state index contributed by atoms with van der Waals surface area (Å²) in [7, 11) is 0. The van der Waals surface area contributed by atoms with Crippen LogP contribution in [-0.4, -0.2) is 39.9 Å². The molecular weight excluding hydrogens is 689 g/mol. The van der Waals surface area contributed by atoms with E-state index in [4.69, 9.17) is 19.9 Å². The average Bonchev–Trinajstić information content (AvgIpc) is 3.28. The highest BCUT2D eigenvalue weighted by Crippen LogP contribution is 2.47. The van der Waals surface area contributed by atoms with Crippen LogP contribution in [0.25, 0.3) is 45.0 Å². The molecule has 1 aliphatic carbocycles. The lowest BCUT2D eigenvalue weighted by Crippen LogP contribution is -2.21. The van der Waals surface area contributed by atoms with Crippen molar-refractivity contribution >= 4 is 0 Å². The number of hydrogen-bond acceptors (Lipinski definition) is 8. The second kappa shape index (κ2) is 16.3. The van der Waals surface area contributed by atoms with Gasteiger partial charge in [0.2, 0.25) is 0 Å². The summed E-state index contributed by atoms with van der Waals surface area (Å²) in [4.78, 5) is 38.7. The molecule has 9 rings (SSSR count). The molecule has 8 heteroatoms. The van der Waals surface area contributed by atoms with Gasteiger partial charge in [-0.05, 0) is 123 Å². The molecule has 1 aliphatic rings. The van der Waals surface area contributed by atoms with Gasteiger partial charge in [0, 0.05) is 118 Å².